The predicted octanol–water partition coefficient (Wildman–Crippen LogP) is 0.850. The first-order chi connectivity index (χ1) is 9.11. The lowest BCUT2D eigenvalue weighted by Crippen LogP contribution is -2.38. The fourth-order valence-electron chi connectivity index (χ4n) is 1.67. The summed E-state index contributed by atoms with van der Waals surface area (Å²) in [5, 5.41) is 0. The fraction of sp³-hybridized carbons (Fsp3) is 1.00. The minimum atomic E-state index is -1.92. The molecule has 0 aromatic heterocycles. The summed E-state index contributed by atoms with van der Waals surface area (Å²) in [6.45, 7) is 10.0. The molecule has 19 heavy (non-hydrogen) atoms. The van der Waals surface area contributed by atoms with Gasteiger partial charge in [-0.15, -0.1) is 0 Å². The average molecular weight is 311 g/mol. The van der Waals surface area contributed by atoms with Gasteiger partial charge in [-0.1, -0.05) is 0 Å². The second kappa shape index (κ2) is 12.0. The van der Waals surface area contributed by atoms with Gasteiger partial charge in [-0.3, -0.25) is 0 Å². The first-order valence-corrected chi connectivity index (χ1v) is 10.3. The van der Waals surface area contributed by atoms with E-state index in [1.54, 1.807) is 7.11 Å². The molecule has 1 saturated heterocycles. The highest BCUT2D eigenvalue weighted by Crippen LogP contribution is 2.16. The number of ether oxygens (including phenoxy) is 2. The minimum absolute atomic E-state index is 0.363. The highest BCUT2D eigenvalue weighted by Gasteiger charge is 2.30. The van der Waals surface area contributed by atoms with Crippen molar-refractivity contribution in [1.82, 2.24) is 0 Å². The summed E-state index contributed by atoms with van der Waals surface area (Å²) in [6.07, 6.45) is 1.37. The number of rotatable bonds is 10. The lowest BCUT2D eigenvalue weighted by molar-refractivity contribution is 0.113. The topological polar surface area (TPSA) is 49.5 Å². The predicted molar refractivity (Wildman–Crippen MR) is 81.8 cm³/mol. The molecule has 0 bridgehead atoms. The first kappa shape index (κ1) is 19.2. The van der Waals surface area contributed by atoms with Gasteiger partial charge >= 0.3 is 8.56 Å². The Bertz CT molecular complexity index is 197. The lowest BCUT2D eigenvalue weighted by atomic mass is 10.5. The second-order valence-corrected chi connectivity index (χ2v) is 8.70. The summed E-state index contributed by atoms with van der Waals surface area (Å²) in [5.41, 5.74) is 0. The normalized spacial score (nSPS) is 18.0. The molecule has 0 aromatic carbocycles. The Morgan fingerprint density at radius 2 is 1.79 bits per heavy atom. The molecule has 0 N–H and O–H groups in total. The highest BCUT2D eigenvalue weighted by atomic mass is 28.4. The van der Waals surface area contributed by atoms with E-state index < -0.39 is 8.56 Å². The quantitative estimate of drug-likeness (QED) is 0.340. The third kappa shape index (κ3) is 11.7. The van der Waals surface area contributed by atoms with Crippen molar-refractivity contribution in [2.45, 2.75) is 39.0 Å². The van der Waals surface area contributed by atoms with E-state index in [1.165, 1.54) is 0 Å². The molecule has 0 saturated carbocycles. The van der Waals surface area contributed by atoms with Gasteiger partial charge in [-0.2, -0.15) is 0 Å². The maximum absolute atomic E-state index is 5.75. The third-order valence-corrected chi connectivity index (χ3v) is 5.59. The van der Waals surface area contributed by atoms with Crippen molar-refractivity contribution in [1.29, 1.82) is 0 Å². The number of hydrogen-bond acceptors (Lipinski definition) is 5. The van der Waals surface area contributed by atoms with Gasteiger partial charge in [0.15, 0.2) is 0 Å². The standard InChI is InChI=1S/C11H24O4Si.CH6OSi/c1-4-14-16(3,15-5-2)8-6-7-12-9-11-10-13-11;1-2-3/h11H,4-10H2,1-3H3;1,3H3. The first-order valence-electron chi connectivity index (χ1n) is 6.99. The summed E-state index contributed by atoms with van der Waals surface area (Å²) in [7, 11) is 0.633. The molecule has 5 nitrogen and oxygen atoms in total. The van der Waals surface area contributed by atoms with Crippen LogP contribution in [0.15, 0.2) is 0 Å². The molecule has 0 spiro atoms. The van der Waals surface area contributed by atoms with Gasteiger partial charge in [0.05, 0.1) is 13.2 Å². The van der Waals surface area contributed by atoms with Crippen molar-refractivity contribution in [3.05, 3.63) is 0 Å². The molecule has 1 unspecified atom stereocenters. The van der Waals surface area contributed by atoms with Gasteiger partial charge in [-0.25, -0.2) is 0 Å². The molecule has 0 aromatic rings. The van der Waals surface area contributed by atoms with E-state index >= 15 is 0 Å². The summed E-state index contributed by atoms with van der Waals surface area (Å²) in [5.74, 6) is 0. The summed E-state index contributed by atoms with van der Waals surface area (Å²) >= 11 is 0. The minimum Gasteiger partial charge on any atom is -0.431 e. The van der Waals surface area contributed by atoms with Gasteiger partial charge < -0.3 is 22.8 Å². The zero-order chi connectivity index (χ0) is 14.6. The summed E-state index contributed by atoms with van der Waals surface area (Å²) in [6, 6.07) is 1.00. The zero-order valence-corrected chi connectivity index (χ0v) is 16.1. The molecule has 0 amide bonds. The van der Waals surface area contributed by atoms with E-state index in [0.29, 0.717) is 6.10 Å². The van der Waals surface area contributed by atoms with E-state index in [0.717, 1.165) is 56.0 Å². The smallest absolute Gasteiger partial charge is 0.334 e. The van der Waals surface area contributed by atoms with Crippen LogP contribution in [0.4, 0.5) is 0 Å². The van der Waals surface area contributed by atoms with Crippen LogP contribution in [0.3, 0.4) is 0 Å². The van der Waals surface area contributed by atoms with Crippen LogP contribution in [0.5, 0.6) is 0 Å². The molecule has 0 radical (unpaired) electrons. The van der Waals surface area contributed by atoms with Crippen LogP contribution >= 0.6 is 0 Å². The van der Waals surface area contributed by atoms with Crippen LogP contribution in [0.1, 0.15) is 20.3 Å². The maximum Gasteiger partial charge on any atom is 0.334 e. The maximum atomic E-state index is 5.75. The fourth-order valence-corrected chi connectivity index (χ4v) is 4.05. The molecule has 1 aliphatic heterocycles. The molecule has 1 aliphatic rings. The lowest BCUT2D eigenvalue weighted by Gasteiger charge is -2.25. The second-order valence-electron chi connectivity index (χ2n) is 4.54. The van der Waals surface area contributed by atoms with Crippen LogP contribution in [-0.2, 0) is 22.8 Å². The summed E-state index contributed by atoms with van der Waals surface area (Å²) < 4.78 is 26.4. The Balaban J connectivity index is 0.000000982. The Labute approximate surface area is 121 Å². The van der Waals surface area contributed by atoms with Crippen molar-refractivity contribution in [2.75, 3.05) is 40.1 Å². The van der Waals surface area contributed by atoms with Crippen molar-refractivity contribution < 1.29 is 22.8 Å². The Hall–Kier alpha value is 0.234. The van der Waals surface area contributed by atoms with Crippen molar-refractivity contribution in [3.63, 3.8) is 0 Å². The number of hydrogen-bond donors (Lipinski definition) is 0. The molecule has 116 valence electrons. The van der Waals surface area contributed by atoms with E-state index in [2.05, 4.69) is 11.0 Å². The van der Waals surface area contributed by atoms with Gasteiger partial charge in [-0.05, 0) is 32.9 Å². The molecule has 1 fully saturated rings. The van der Waals surface area contributed by atoms with E-state index in [4.69, 9.17) is 18.3 Å². The van der Waals surface area contributed by atoms with Crippen LogP contribution in [-0.4, -0.2) is 65.3 Å². The van der Waals surface area contributed by atoms with Crippen LogP contribution in [0, 0.1) is 0 Å². The Morgan fingerprint density at radius 1 is 1.26 bits per heavy atom. The van der Waals surface area contributed by atoms with Gasteiger partial charge in [0.25, 0.3) is 0 Å². The zero-order valence-electron chi connectivity index (χ0n) is 13.1. The Kier molecular flexibility index (Phi) is 12.2. The molecular formula is C12H30O5Si2. The van der Waals surface area contributed by atoms with Crippen molar-refractivity contribution >= 4 is 19.0 Å². The largest absolute Gasteiger partial charge is 0.431 e. The monoisotopic (exact) mass is 310 g/mol. The molecule has 1 heterocycles. The van der Waals surface area contributed by atoms with Crippen molar-refractivity contribution in [2.24, 2.45) is 0 Å². The molecule has 0 aliphatic carbocycles. The van der Waals surface area contributed by atoms with E-state index in [-0.39, 0.29) is 0 Å². The highest BCUT2D eigenvalue weighted by molar-refractivity contribution is 6.66. The average Bonchev–Trinajstić information content (AvgIpc) is 3.14. The summed E-state index contributed by atoms with van der Waals surface area (Å²) in [4.78, 5) is 0. The molecular weight excluding hydrogens is 280 g/mol. The number of epoxide rings is 1. The van der Waals surface area contributed by atoms with E-state index in [1.807, 2.05) is 13.8 Å². The van der Waals surface area contributed by atoms with Crippen LogP contribution < -0.4 is 0 Å². The van der Waals surface area contributed by atoms with Gasteiger partial charge in [0, 0.05) is 26.9 Å². The van der Waals surface area contributed by atoms with Crippen LogP contribution in [0.2, 0.25) is 12.6 Å². The van der Waals surface area contributed by atoms with Crippen molar-refractivity contribution in [3.8, 4) is 0 Å². The third-order valence-electron chi connectivity index (χ3n) is 2.53. The Morgan fingerprint density at radius 3 is 2.21 bits per heavy atom. The molecule has 7 heteroatoms. The SMILES string of the molecule is CCO[Si](C)(CCCOCC1CO1)OCC.CO[SiH3]. The van der Waals surface area contributed by atoms with Crippen LogP contribution in [0.25, 0.3) is 0 Å². The van der Waals surface area contributed by atoms with E-state index in [9.17, 15) is 0 Å². The van der Waals surface area contributed by atoms with Gasteiger partial charge in [0.2, 0.25) is 0 Å². The molecule has 1 rings (SSSR count). The molecule has 1 atom stereocenters. The van der Waals surface area contributed by atoms with Gasteiger partial charge in [0.1, 0.15) is 16.6 Å².